The predicted octanol–water partition coefficient (Wildman–Crippen LogP) is 5.09. The molecule has 2 heterocycles. The second-order valence-corrected chi connectivity index (χ2v) is 9.54. The van der Waals surface area contributed by atoms with E-state index in [0.717, 1.165) is 66.0 Å². The van der Waals surface area contributed by atoms with Crippen molar-refractivity contribution in [3.8, 4) is 17.2 Å². The fraction of sp³-hybridized carbons (Fsp3) is 0.300. The molecule has 2 aliphatic rings. The second-order valence-electron chi connectivity index (χ2n) is 9.54. The van der Waals surface area contributed by atoms with E-state index >= 15 is 0 Å². The number of hydrogen-bond donors (Lipinski definition) is 1. The van der Waals surface area contributed by atoms with Crippen molar-refractivity contribution < 1.29 is 14.3 Å². The summed E-state index contributed by atoms with van der Waals surface area (Å²) in [4.78, 5) is 29.6. The summed E-state index contributed by atoms with van der Waals surface area (Å²) in [5.41, 5.74) is 5.42. The van der Waals surface area contributed by atoms with Crippen molar-refractivity contribution in [1.82, 2.24) is 9.80 Å². The van der Waals surface area contributed by atoms with Gasteiger partial charge >= 0.3 is 6.09 Å². The van der Waals surface area contributed by atoms with Gasteiger partial charge in [-0.05, 0) is 41.7 Å². The molecular formula is C30H30N4O3. The first-order chi connectivity index (χ1) is 18.1. The number of nitrogens with zero attached hydrogens (tertiary/aromatic N) is 3. The largest absolute Gasteiger partial charge is 0.446 e. The van der Waals surface area contributed by atoms with Crippen molar-refractivity contribution in [2.24, 2.45) is 0 Å². The van der Waals surface area contributed by atoms with Crippen LogP contribution < -0.4 is 5.32 Å². The van der Waals surface area contributed by atoms with Gasteiger partial charge in [0, 0.05) is 43.9 Å². The average molecular weight is 495 g/mol. The number of piperidine rings is 1. The van der Waals surface area contributed by atoms with E-state index in [1.54, 1.807) is 0 Å². The van der Waals surface area contributed by atoms with Crippen molar-refractivity contribution in [2.75, 3.05) is 31.5 Å². The van der Waals surface area contributed by atoms with E-state index in [4.69, 9.17) is 10.00 Å². The van der Waals surface area contributed by atoms with Gasteiger partial charge < -0.3 is 14.5 Å². The third-order valence-electron chi connectivity index (χ3n) is 7.07. The molecule has 2 amide bonds. The van der Waals surface area contributed by atoms with Crippen LogP contribution in [0.5, 0.6) is 0 Å². The molecule has 1 N–H and O–H groups in total. The normalized spacial score (nSPS) is 15.8. The van der Waals surface area contributed by atoms with Crippen LogP contribution >= 0.6 is 0 Å². The standard InChI is InChI=1S/C30H30N4O3/c31-15-12-22-10-11-27-24(20-22)21-34(29(27)35)19-18-33-16-13-25(14-17-33)37-30(36)32-28-9-5-4-8-26(28)23-6-2-1-3-7-23/h1-11,20,25H,12-14,16-19,21H2,(H,32,36). The van der Waals surface area contributed by atoms with Crippen LogP contribution in [-0.2, 0) is 17.7 Å². The molecule has 0 bridgehead atoms. The van der Waals surface area contributed by atoms with E-state index in [9.17, 15) is 9.59 Å². The molecule has 0 spiro atoms. The Labute approximate surface area is 217 Å². The summed E-state index contributed by atoms with van der Waals surface area (Å²) in [5, 5.41) is 11.8. The summed E-state index contributed by atoms with van der Waals surface area (Å²) in [6, 6.07) is 25.5. The lowest BCUT2D eigenvalue weighted by Crippen LogP contribution is -2.42. The van der Waals surface area contributed by atoms with E-state index in [1.165, 1.54) is 0 Å². The van der Waals surface area contributed by atoms with Gasteiger partial charge in [0.25, 0.3) is 5.91 Å². The zero-order valence-corrected chi connectivity index (χ0v) is 20.7. The molecule has 0 aliphatic carbocycles. The Morgan fingerprint density at radius 2 is 1.73 bits per heavy atom. The first-order valence-corrected chi connectivity index (χ1v) is 12.7. The number of rotatable bonds is 7. The Kier molecular flexibility index (Phi) is 7.48. The topological polar surface area (TPSA) is 85.7 Å². The van der Waals surface area contributed by atoms with Gasteiger partial charge in [-0.25, -0.2) is 4.79 Å². The van der Waals surface area contributed by atoms with Crippen molar-refractivity contribution in [2.45, 2.75) is 31.9 Å². The van der Waals surface area contributed by atoms with E-state index in [0.29, 0.717) is 19.5 Å². The number of fused-ring (bicyclic) bond motifs is 1. The zero-order valence-electron chi connectivity index (χ0n) is 20.7. The van der Waals surface area contributed by atoms with Gasteiger partial charge in [0.2, 0.25) is 0 Å². The van der Waals surface area contributed by atoms with E-state index < -0.39 is 6.09 Å². The summed E-state index contributed by atoms with van der Waals surface area (Å²) >= 11 is 0. The predicted molar refractivity (Wildman–Crippen MR) is 142 cm³/mol. The van der Waals surface area contributed by atoms with Crippen molar-refractivity contribution in [1.29, 1.82) is 5.26 Å². The molecule has 1 fully saturated rings. The highest BCUT2D eigenvalue weighted by Crippen LogP contribution is 2.28. The number of nitrogens with one attached hydrogen (secondary N) is 1. The van der Waals surface area contributed by atoms with Crippen molar-refractivity contribution >= 4 is 17.7 Å². The molecule has 7 heteroatoms. The quantitative estimate of drug-likeness (QED) is 0.495. The Morgan fingerprint density at radius 3 is 2.51 bits per heavy atom. The van der Waals surface area contributed by atoms with Crippen LogP contribution in [0.4, 0.5) is 10.5 Å². The lowest BCUT2D eigenvalue weighted by molar-refractivity contribution is 0.0528. The van der Waals surface area contributed by atoms with Crippen LogP contribution in [0.3, 0.4) is 0 Å². The fourth-order valence-electron chi connectivity index (χ4n) is 5.08. The number of hydrogen-bond acceptors (Lipinski definition) is 5. The maximum absolute atomic E-state index is 12.8. The molecule has 2 aliphatic heterocycles. The number of likely N-dealkylation sites (tertiary alicyclic amines) is 1. The minimum Gasteiger partial charge on any atom is -0.446 e. The molecule has 1 saturated heterocycles. The number of carbonyl (C=O) groups is 2. The van der Waals surface area contributed by atoms with E-state index in [2.05, 4.69) is 16.3 Å². The summed E-state index contributed by atoms with van der Waals surface area (Å²) in [7, 11) is 0. The lowest BCUT2D eigenvalue weighted by atomic mass is 10.0. The molecule has 3 aromatic carbocycles. The summed E-state index contributed by atoms with van der Waals surface area (Å²) < 4.78 is 5.74. The van der Waals surface area contributed by atoms with Crippen LogP contribution in [0, 0.1) is 11.3 Å². The highest BCUT2D eigenvalue weighted by Gasteiger charge is 2.29. The molecule has 7 nitrogen and oxygen atoms in total. The summed E-state index contributed by atoms with van der Waals surface area (Å²) in [6.45, 7) is 3.68. The van der Waals surface area contributed by atoms with Crippen molar-refractivity contribution in [3.05, 3.63) is 89.5 Å². The van der Waals surface area contributed by atoms with Gasteiger partial charge in [0.1, 0.15) is 6.10 Å². The number of amides is 2. The van der Waals surface area contributed by atoms with Crippen LogP contribution in [0.1, 0.15) is 34.3 Å². The second kappa shape index (κ2) is 11.3. The minimum absolute atomic E-state index is 0.0594. The maximum atomic E-state index is 12.8. The Bertz CT molecular complexity index is 1310. The first kappa shape index (κ1) is 24.5. The van der Waals surface area contributed by atoms with Gasteiger partial charge in [-0.3, -0.25) is 10.1 Å². The fourth-order valence-corrected chi connectivity index (χ4v) is 5.08. The maximum Gasteiger partial charge on any atom is 0.411 e. The number of ether oxygens (including phenoxy) is 1. The SMILES string of the molecule is N#CCc1ccc2c(c1)CN(CCN1CCC(OC(=O)Nc3ccccc3-c3ccccc3)CC1)C2=O. The summed E-state index contributed by atoms with van der Waals surface area (Å²) in [5.74, 6) is 0.0594. The van der Waals surface area contributed by atoms with Gasteiger partial charge in [-0.15, -0.1) is 0 Å². The molecule has 188 valence electrons. The smallest absolute Gasteiger partial charge is 0.411 e. The third kappa shape index (κ3) is 5.82. The summed E-state index contributed by atoms with van der Waals surface area (Å²) in [6.07, 6.45) is 1.32. The number of nitriles is 1. The Balaban J connectivity index is 1.08. The number of benzene rings is 3. The van der Waals surface area contributed by atoms with Gasteiger partial charge in [-0.2, -0.15) is 5.26 Å². The average Bonchev–Trinajstić information content (AvgIpc) is 3.24. The molecule has 3 aromatic rings. The van der Waals surface area contributed by atoms with Crippen LogP contribution in [0.15, 0.2) is 72.8 Å². The van der Waals surface area contributed by atoms with Crippen LogP contribution in [-0.4, -0.2) is 54.1 Å². The van der Waals surface area contributed by atoms with Crippen LogP contribution in [0.2, 0.25) is 0 Å². The molecule has 5 rings (SSSR count). The van der Waals surface area contributed by atoms with Gasteiger partial charge in [0.05, 0.1) is 18.2 Å². The number of carbonyl (C=O) groups excluding carboxylic acids is 2. The molecule has 0 aromatic heterocycles. The molecule has 0 unspecified atom stereocenters. The molecule has 0 atom stereocenters. The molecule has 37 heavy (non-hydrogen) atoms. The third-order valence-corrected chi connectivity index (χ3v) is 7.07. The monoisotopic (exact) mass is 494 g/mol. The first-order valence-electron chi connectivity index (χ1n) is 12.7. The molecule has 0 radical (unpaired) electrons. The highest BCUT2D eigenvalue weighted by molar-refractivity contribution is 5.98. The van der Waals surface area contributed by atoms with Gasteiger partial charge in [0.15, 0.2) is 0 Å². The number of para-hydroxylation sites is 1. The minimum atomic E-state index is -0.432. The van der Waals surface area contributed by atoms with E-state index in [-0.39, 0.29) is 12.0 Å². The van der Waals surface area contributed by atoms with E-state index in [1.807, 2.05) is 77.7 Å². The van der Waals surface area contributed by atoms with Crippen LogP contribution in [0.25, 0.3) is 11.1 Å². The lowest BCUT2D eigenvalue weighted by Gasteiger charge is -2.32. The molecule has 0 saturated carbocycles. The molecular weight excluding hydrogens is 464 g/mol. The number of anilines is 1. The highest BCUT2D eigenvalue weighted by atomic mass is 16.6. The Hall–Kier alpha value is -4.15. The van der Waals surface area contributed by atoms with Gasteiger partial charge in [-0.1, -0.05) is 60.7 Å². The zero-order chi connectivity index (χ0) is 25.6. The Morgan fingerprint density at radius 1 is 0.973 bits per heavy atom. The van der Waals surface area contributed by atoms with Crippen molar-refractivity contribution in [3.63, 3.8) is 0 Å².